The van der Waals surface area contributed by atoms with Crippen molar-refractivity contribution in [2.75, 3.05) is 0 Å². The fourth-order valence-corrected chi connectivity index (χ4v) is 2.51. The van der Waals surface area contributed by atoms with Gasteiger partial charge < -0.3 is 4.57 Å². The number of fused-ring (bicyclic) bond motifs is 1. The van der Waals surface area contributed by atoms with Crippen molar-refractivity contribution < 1.29 is 0 Å². The summed E-state index contributed by atoms with van der Waals surface area (Å²) in [5.41, 5.74) is 4.85. The summed E-state index contributed by atoms with van der Waals surface area (Å²) in [4.78, 5) is 0. The van der Waals surface area contributed by atoms with Crippen LogP contribution in [0.3, 0.4) is 0 Å². The second-order valence-corrected chi connectivity index (χ2v) is 4.90. The van der Waals surface area contributed by atoms with Crippen LogP contribution in [-0.4, -0.2) is 4.57 Å². The smallest absolute Gasteiger partial charge is 0.0534 e. The SMILES string of the molecule is C=C/C=C\c1cc2cc(C)ccc2n1-c1ccccc1. The molecule has 0 spiro atoms. The van der Waals surface area contributed by atoms with Gasteiger partial charge in [-0.15, -0.1) is 0 Å². The van der Waals surface area contributed by atoms with Crippen LogP contribution in [0, 0.1) is 6.92 Å². The Hall–Kier alpha value is -2.54. The largest absolute Gasteiger partial charge is 0.310 e. The van der Waals surface area contributed by atoms with Gasteiger partial charge in [0.2, 0.25) is 0 Å². The number of benzene rings is 2. The quantitative estimate of drug-likeness (QED) is 0.574. The van der Waals surface area contributed by atoms with Gasteiger partial charge >= 0.3 is 0 Å². The lowest BCUT2D eigenvalue weighted by molar-refractivity contribution is 1.11. The van der Waals surface area contributed by atoms with E-state index >= 15 is 0 Å². The van der Waals surface area contributed by atoms with Crippen molar-refractivity contribution in [2.45, 2.75) is 6.92 Å². The number of hydrogen-bond acceptors (Lipinski definition) is 0. The summed E-state index contributed by atoms with van der Waals surface area (Å²) in [6, 6.07) is 19.2. The lowest BCUT2D eigenvalue weighted by Crippen LogP contribution is -1.95. The number of nitrogens with zero attached hydrogens (tertiary/aromatic N) is 1. The molecule has 0 atom stereocenters. The third kappa shape index (κ3) is 2.19. The van der Waals surface area contributed by atoms with E-state index in [2.05, 4.69) is 72.7 Å². The van der Waals surface area contributed by atoms with Crippen LogP contribution in [0.15, 0.2) is 73.3 Å². The van der Waals surface area contributed by atoms with Crippen LogP contribution in [0.2, 0.25) is 0 Å². The van der Waals surface area contributed by atoms with Crippen LogP contribution in [0.1, 0.15) is 11.3 Å². The fourth-order valence-electron chi connectivity index (χ4n) is 2.51. The molecule has 0 fully saturated rings. The molecule has 0 aliphatic heterocycles. The van der Waals surface area contributed by atoms with E-state index in [1.165, 1.54) is 22.2 Å². The van der Waals surface area contributed by atoms with E-state index in [-0.39, 0.29) is 0 Å². The van der Waals surface area contributed by atoms with E-state index in [0.717, 1.165) is 5.69 Å². The van der Waals surface area contributed by atoms with Gasteiger partial charge in [0.05, 0.1) is 5.52 Å². The van der Waals surface area contributed by atoms with E-state index in [0.29, 0.717) is 0 Å². The number of aryl methyl sites for hydroxylation is 1. The number of rotatable bonds is 3. The summed E-state index contributed by atoms with van der Waals surface area (Å²) in [5.74, 6) is 0. The van der Waals surface area contributed by atoms with Crippen molar-refractivity contribution in [3.05, 3.63) is 84.6 Å². The molecule has 1 nitrogen and oxygen atoms in total. The summed E-state index contributed by atoms with van der Waals surface area (Å²) in [5, 5.41) is 1.26. The molecule has 0 saturated heterocycles. The van der Waals surface area contributed by atoms with Gasteiger partial charge in [-0.2, -0.15) is 0 Å². The monoisotopic (exact) mass is 259 g/mol. The Balaban J connectivity index is 2.31. The highest BCUT2D eigenvalue weighted by atomic mass is 15.0. The minimum absolute atomic E-state index is 1.16. The van der Waals surface area contributed by atoms with Crippen LogP contribution in [0.5, 0.6) is 0 Å². The van der Waals surface area contributed by atoms with Gasteiger partial charge in [-0.1, -0.05) is 48.6 Å². The Morgan fingerprint density at radius 2 is 1.80 bits per heavy atom. The van der Waals surface area contributed by atoms with Gasteiger partial charge in [0.1, 0.15) is 0 Å². The highest BCUT2D eigenvalue weighted by Gasteiger charge is 2.08. The molecule has 1 aromatic heterocycles. The molecule has 0 amide bonds. The summed E-state index contributed by atoms with van der Waals surface area (Å²) in [7, 11) is 0. The minimum atomic E-state index is 1.16. The van der Waals surface area contributed by atoms with Crippen molar-refractivity contribution in [3.8, 4) is 5.69 Å². The summed E-state index contributed by atoms with van der Waals surface area (Å²) < 4.78 is 2.27. The second-order valence-electron chi connectivity index (χ2n) is 4.90. The molecule has 0 aliphatic rings. The van der Waals surface area contributed by atoms with Crippen LogP contribution >= 0.6 is 0 Å². The standard InChI is InChI=1S/C19H17N/c1-3-4-8-18-14-16-13-15(2)11-12-19(16)20(18)17-9-6-5-7-10-17/h3-14H,1H2,2H3/b8-4-. The Labute approximate surface area is 119 Å². The predicted molar refractivity (Wildman–Crippen MR) is 87.2 cm³/mol. The van der Waals surface area contributed by atoms with E-state index in [4.69, 9.17) is 0 Å². The van der Waals surface area contributed by atoms with Crippen LogP contribution in [0.25, 0.3) is 22.7 Å². The molecule has 2 aromatic carbocycles. The molecule has 0 saturated carbocycles. The molecule has 0 aliphatic carbocycles. The topological polar surface area (TPSA) is 4.93 Å². The third-order valence-electron chi connectivity index (χ3n) is 3.40. The van der Waals surface area contributed by atoms with Crippen molar-refractivity contribution in [3.63, 3.8) is 0 Å². The molecular weight excluding hydrogens is 242 g/mol. The fraction of sp³-hybridized carbons (Fsp3) is 0.0526. The molecule has 0 N–H and O–H groups in total. The molecule has 0 bridgehead atoms. The van der Waals surface area contributed by atoms with Crippen molar-refractivity contribution >= 4 is 17.0 Å². The number of aromatic nitrogens is 1. The zero-order valence-electron chi connectivity index (χ0n) is 11.6. The second kappa shape index (κ2) is 5.22. The van der Waals surface area contributed by atoms with Gasteiger partial charge in [0, 0.05) is 16.8 Å². The number of allylic oxidation sites excluding steroid dienone is 2. The average Bonchev–Trinajstić information content (AvgIpc) is 2.83. The molecule has 98 valence electrons. The summed E-state index contributed by atoms with van der Waals surface area (Å²) in [6.07, 6.45) is 5.87. The van der Waals surface area contributed by atoms with Crippen molar-refractivity contribution in [2.24, 2.45) is 0 Å². The Morgan fingerprint density at radius 1 is 1.00 bits per heavy atom. The first kappa shape index (κ1) is 12.5. The van der Waals surface area contributed by atoms with E-state index in [1.54, 1.807) is 6.08 Å². The zero-order chi connectivity index (χ0) is 13.9. The molecule has 1 heterocycles. The average molecular weight is 259 g/mol. The Morgan fingerprint density at radius 3 is 2.55 bits per heavy atom. The summed E-state index contributed by atoms with van der Waals surface area (Å²) in [6.45, 7) is 5.87. The predicted octanol–water partition coefficient (Wildman–Crippen LogP) is 5.14. The van der Waals surface area contributed by atoms with Crippen molar-refractivity contribution in [1.29, 1.82) is 0 Å². The van der Waals surface area contributed by atoms with Gasteiger partial charge in [-0.3, -0.25) is 0 Å². The Bertz CT molecular complexity index is 776. The first-order chi connectivity index (χ1) is 9.79. The molecule has 3 aromatic rings. The van der Waals surface area contributed by atoms with E-state index < -0.39 is 0 Å². The highest BCUT2D eigenvalue weighted by molar-refractivity contribution is 5.86. The van der Waals surface area contributed by atoms with Crippen molar-refractivity contribution in [1.82, 2.24) is 4.57 Å². The number of para-hydroxylation sites is 1. The lowest BCUT2D eigenvalue weighted by Gasteiger charge is -2.08. The maximum atomic E-state index is 3.75. The maximum Gasteiger partial charge on any atom is 0.0534 e. The summed E-state index contributed by atoms with van der Waals surface area (Å²) >= 11 is 0. The highest BCUT2D eigenvalue weighted by Crippen LogP contribution is 2.26. The zero-order valence-corrected chi connectivity index (χ0v) is 11.6. The molecule has 20 heavy (non-hydrogen) atoms. The third-order valence-corrected chi connectivity index (χ3v) is 3.40. The van der Waals surface area contributed by atoms with Crippen LogP contribution in [-0.2, 0) is 0 Å². The maximum absolute atomic E-state index is 3.75. The molecule has 0 unspecified atom stereocenters. The number of hydrogen-bond donors (Lipinski definition) is 0. The van der Waals surface area contributed by atoms with Crippen LogP contribution < -0.4 is 0 Å². The van der Waals surface area contributed by atoms with Gasteiger partial charge in [-0.05, 0) is 43.3 Å². The van der Waals surface area contributed by atoms with E-state index in [1.807, 2.05) is 12.1 Å². The van der Waals surface area contributed by atoms with Crippen LogP contribution in [0.4, 0.5) is 0 Å². The normalized spacial score (nSPS) is 11.2. The van der Waals surface area contributed by atoms with Gasteiger partial charge in [0.15, 0.2) is 0 Å². The van der Waals surface area contributed by atoms with Gasteiger partial charge in [0.25, 0.3) is 0 Å². The van der Waals surface area contributed by atoms with E-state index in [9.17, 15) is 0 Å². The van der Waals surface area contributed by atoms with Gasteiger partial charge in [-0.25, -0.2) is 0 Å². The molecular formula is C19H17N. The molecule has 3 rings (SSSR count). The molecule has 1 heteroatoms. The first-order valence-corrected chi connectivity index (χ1v) is 6.76. The Kier molecular flexibility index (Phi) is 3.26. The molecule has 0 radical (unpaired) electrons. The first-order valence-electron chi connectivity index (χ1n) is 6.76. The lowest BCUT2D eigenvalue weighted by atomic mass is 10.2. The minimum Gasteiger partial charge on any atom is -0.310 e.